The van der Waals surface area contributed by atoms with Gasteiger partial charge < -0.3 is 64.5 Å². The van der Waals surface area contributed by atoms with Crippen LogP contribution in [-0.4, -0.2) is 141 Å². The molecule has 15 heteroatoms. The highest BCUT2D eigenvalue weighted by molar-refractivity contribution is 5.81. The van der Waals surface area contributed by atoms with Crippen LogP contribution in [0.3, 0.4) is 0 Å². The summed E-state index contributed by atoms with van der Waals surface area (Å²) in [5, 5.41) is 83.6. The van der Waals surface area contributed by atoms with Crippen molar-refractivity contribution < 1.29 is 74.1 Å². The van der Waals surface area contributed by atoms with Gasteiger partial charge >= 0.3 is 11.9 Å². The van der Waals surface area contributed by atoms with Crippen LogP contribution in [0.1, 0.15) is 98.8 Å². The highest BCUT2D eigenvalue weighted by Gasteiger charge is 2.71. The van der Waals surface area contributed by atoms with Gasteiger partial charge in [0, 0.05) is 5.41 Å². The Morgan fingerprint density at radius 1 is 0.789 bits per heavy atom. The van der Waals surface area contributed by atoms with Crippen molar-refractivity contribution in [3.05, 3.63) is 11.6 Å². The summed E-state index contributed by atoms with van der Waals surface area (Å²) in [6, 6.07) is 0. The lowest BCUT2D eigenvalue weighted by molar-refractivity contribution is -0.312. The number of ether oxygens (including phenoxy) is 5. The van der Waals surface area contributed by atoms with E-state index in [4.69, 9.17) is 23.7 Å². The Bertz CT molecular complexity index is 1570. The van der Waals surface area contributed by atoms with Crippen LogP contribution in [-0.2, 0) is 33.3 Å². The molecule has 7 aliphatic rings. The van der Waals surface area contributed by atoms with Crippen LogP contribution >= 0.6 is 0 Å². The van der Waals surface area contributed by atoms with Gasteiger partial charge in [-0.05, 0) is 105 Å². The Morgan fingerprint density at radius 3 is 2.14 bits per heavy atom. The number of hydrogen-bond acceptors (Lipinski definition) is 15. The minimum atomic E-state index is -1.74. The predicted octanol–water partition coefficient (Wildman–Crippen LogP) is 1.08. The molecule has 8 N–H and O–H groups in total. The fourth-order valence-corrected chi connectivity index (χ4v) is 13.6. The maximum absolute atomic E-state index is 14.7. The molecule has 5 aliphatic carbocycles. The number of methoxy groups -OCH3 is 1. The summed E-state index contributed by atoms with van der Waals surface area (Å²) in [4.78, 5) is 28.1. The maximum Gasteiger partial charge on any atom is 0.315 e. The SMILES string of the molecule is COC(=O)[C@@]1(C)CC[C@]2(C(=O)O[C@@H]3O[C@H](CO)[C@@H](O)[C@H](O)[C@H]3O)CC[C@]3(C)C(=CC[C@@H]4[C@@]5(C)CC[C@H](O[C@@H]6OC[C@H](O)[C@H](O)[C@H]6O)[C@@](C)(CO)[C@@H]5CC[C@]43C)[C@@H]2C1. The molecular formula is C42H66O15. The molecule has 0 amide bonds. The zero-order valence-electron chi connectivity index (χ0n) is 34.2. The summed E-state index contributed by atoms with van der Waals surface area (Å²) >= 11 is 0. The van der Waals surface area contributed by atoms with Gasteiger partial charge in [0.2, 0.25) is 6.29 Å². The van der Waals surface area contributed by atoms with E-state index in [1.165, 1.54) is 7.11 Å². The van der Waals surface area contributed by atoms with Crippen molar-refractivity contribution in [1.82, 2.24) is 0 Å². The van der Waals surface area contributed by atoms with Crippen LogP contribution in [0.4, 0.5) is 0 Å². The van der Waals surface area contributed by atoms with Crippen LogP contribution in [0.25, 0.3) is 0 Å². The van der Waals surface area contributed by atoms with Crippen molar-refractivity contribution in [2.75, 3.05) is 26.9 Å². The number of aliphatic hydroxyl groups excluding tert-OH is 8. The minimum Gasteiger partial charge on any atom is -0.469 e. The molecule has 57 heavy (non-hydrogen) atoms. The zero-order chi connectivity index (χ0) is 41.7. The average Bonchev–Trinajstić information content (AvgIpc) is 3.19. The van der Waals surface area contributed by atoms with Crippen LogP contribution in [0, 0.1) is 50.2 Å². The van der Waals surface area contributed by atoms with Gasteiger partial charge in [0.1, 0.15) is 42.7 Å². The molecule has 2 heterocycles. The smallest absolute Gasteiger partial charge is 0.315 e. The summed E-state index contributed by atoms with van der Waals surface area (Å²) in [6.07, 6.45) is -5.49. The van der Waals surface area contributed by atoms with Gasteiger partial charge in [0.25, 0.3) is 0 Å². The first kappa shape index (κ1) is 43.3. The van der Waals surface area contributed by atoms with Crippen LogP contribution in [0.5, 0.6) is 0 Å². The number of aliphatic hydroxyl groups is 8. The third-order valence-electron chi connectivity index (χ3n) is 17.4. The molecule has 0 radical (unpaired) electrons. The van der Waals surface area contributed by atoms with Crippen molar-refractivity contribution in [2.45, 2.75) is 160 Å². The van der Waals surface area contributed by atoms with Crippen LogP contribution < -0.4 is 0 Å². The largest absolute Gasteiger partial charge is 0.469 e. The van der Waals surface area contributed by atoms with Crippen molar-refractivity contribution in [3.8, 4) is 0 Å². The Balaban J connectivity index is 1.21. The van der Waals surface area contributed by atoms with Gasteiger partial charge in [0.05, 0.1) is 43.9 Å². The van der Waals surface area contributed by atoms with E-state index in [0.29, 0.717) is 44.9 Å². The molecule has 0 aromatic rings. The maximum atomic E-state index is 14.7. The van der Waals surface area contributed by atoms with E-state index in [2.05, 4.69) is 26.8 Å². The highest BCUT2D eigenvalue weighted by Crippen LogP contribution is 2.76. The topological polar surface area (TPSA) is 242 Å². The molecule has 15 nitrogen and oxygen atoms in total. The third-order valence-corrected chi connectivity index (χ3v) is 17.4. The molecule has 0 aromatic carbocycles. The van der Waals surface area contributed by atoms with Gasteiger partial charge in [-0.2, -0.15) is 0 Å². The molecule has 0 unspecified atom stereocenters. The molecule has 0 spiro atoms. The van der Waals surface area contributed by atoms with Crippen LogP contribution in [0.15, 0.2) is 11.6 Å². The molecule has 0 bridgehead atoms. The number of allylic oxidation sites excluding steroid dienone is 2. The first-order valence-electron chi connectivity index (χ1n) is 20.9. The molecule has 0 aromatic heterocycles. The zero-order valence-corrected chi connectivity index (χ0v) is 34.2. The number of carbonyl (C=O) groups is 2. The first-order chi connectivity index (χ1) is 26.7. The third kappa shape index (κ3) is 6.30. The summed E-state index contributed by atoms with van der Waals surface area (Å²) in [7, 11) is 1.37. The van der Waals surface area contributed by atoms with E-state index in [0.717, 1.165) is 24.8 Å². The van der Waals surface area contributed by atoms with Crippen LogP contribution in [0.2, 0.25) is 0 Å². The van der Waals surface area contributed by atoms with E-state index < -0.39 is 102 Å². The van der Waals surface area contributed by atoms with Crippen molar-refractivity contribution in [3.63, 3.8) is 0 Å². The second kappa shape index (κ2) is 15.0. The van der Waals surface area contributed by atoms with Crippen molar-refractivity contribution in [1.29, 1.82) is 0 Å². The summed E-state index contributed by atoms with van der Waals surface area (Å²) in [6.45, 7) is 9.94. The highest BCUT2D eigenvalue weighted by atomic mass is 16.7. The standard InChI is InChI=1S/C42H66O15/c1-37(35(51)53-6)13-15-42(36(52)57-34-32(50)30(48)29(47)24(18-43)55-34)16-14-40(4)21(22(42)17-37)7-8-26-38(2)11-10-27(56-33-31(49)28(46)23(45)19-54-33)39(3,20-44)25(38)9-12-41(26,40)5/h7,22-34,43-50H,8-20H2,1-6H3/t22-,23-,24+,25+,26+,27-,28-,29+,30-,31+,32+,33-,34-,37-,38-,39-,40+,41+,42-/m0/s1. The molecular weight excluding hydrogens is 744 g/mol. The molecule has 2 aliphatic heterocycles. The van der Waals surface area contributed by atoms with E-state index >= 15 is 0 Å². The minimum absolute atomic E-state index is 0.0371. The van der Waals surface area contributed by atoms with E-state index in [9.17, 15) is 50.4 Å². The number of fused-ring (bicyclic) bond motifs is 7. The Kier molecular flexibility index (Phi) is 11.4. The van der Waals surface area contributed by atoms with Gasteiger partial charge in [-0.1, -0.05) is 39.3 Å². The van der Waals surface area contributed by atoms with Crippen molar-refractivity contribution >= 4 is 11.9 Å². The number of carbonyl (C=O) groups excluding carboxylic acids is 2. The predicted molar refractivity (Wildman–Crippen MR) is 199 cm³/mol. The number of rotatable bonds is 7. The monoisotopic (exact) mass is 810 g/mol. The summed E-state index contributed by atoms with van der Waals surface area (Å²) < 4.78 is 28.9. The van der Waals surface area contributed by atoms with Gasteiger partial charge in [-0.25, -0.2) is 0 Å². The van der Waals surface area contributed by atoms with Gasteiger partial charge in [-0.15, -0.1) is 0 Å². The first-order valence-corrected chi connectivity index (χ1v) is 20.9. The summed E-state index contributed by atoms with van der Waals surface area (Å²) in [5.74, 6) is -1.16. The fourth-order valence-electron chi connectivity index (χ4n) is 13.6. The van der Waals surface area contributed by atoms with E-state index in [-0.39, 0.29) is 41.8 Å². The lowest BCUT2D eigenvalue weighted by Crippen LogP contribution is -2.67. The van der Waals surface area contributed by atoms with E-state index in [1.807, 2.05) is 13.8 Å². The second-order valence-corrected chi connectivity index (χ2v) is 19.9. The normalized spacial score (nSPS) is 53.6. The molecule has 2 saturated heterocycles. The molecule has 6 fully saturated rings. The summed E-state index contributed by atoms with van der Waals surface area (Å²) in [5.41, 5.74) is -2.43. The Morgan fingerprint density at radius 2 is 1.47 bits per heavy atom. The Hall–Kier alpha value is -1.76. The quantitative estimate of drug-likeness (QED) is 0.102. The fraction of sp³-hybridized carbons (Fsp3) is 0.905. The lowest BCUT2D eigenvalue weighted by Gasteiger charge is -2.71. The molecule has 4 saturated carbocycles. The van der Waals surface area contributed by atoms with Gasteiger partial charge in [-0.3, -0.25) is 9.59 Å². The average molecular weight is 811 g/mol. The molecule has 19 atom stereocenters. The van der Waals surface area contributed by atoms with Crippen molar-refractivity contribution in [2.24, 2.45) is 50.2 Å². The second-order valence-electron chi connectivity index (χ2n) is 19.9. The number of esters is 2. The number of hydrogen-bond donors (Lipinski definition) is 8. The van der Waals surface area contributed by atoms with Gasteiger partial charge in [0.15, 0.2) is 6.29 Å². The molecule has 7 rings (SSSR count). The lowest BCUT2D eigenvalue weighted by atomic mass is 9.33. The Labute approximate surface area is 334 Å². The molecule has 324 valence electrons. The van der Waals surface area contributed by atoms with E-state index in [1.54, 1.807) is 0 Å².